The zero-order valence-corrected chi connectivity index (χ0v) is 7.66. The molecule has 0 aromatic carbocycles. The van der Waals surface area contributed by atoms with Gasteiger partial charge in [0.05, 0.1) is 12.5 Å². The molecule has 0 aromatic rings. The van der Waals surface area contributed by atoms with Gasteiger partial charge in [0.2, 0.25) is 8.32 Å². The Bertz CT molecular complexity index is 97.8. The van der Waals surface area contributed by atoms with Gasteiger partial charge in [-0.3, -0.25) is 0 Å². The molecule has 0 saturated carbocycles. The van der Waals surface area contributed by atoms with E-state index in [1.807, 2.05) is 0 Å². The van der Waals surface area contributed by atoms with Crippen molar-refractivity contribution in [1.29, 1.82) is 0 Å². The smallest absolute Gasteiger partial charge is 0.238 e. The number of nitrogens with two attached hydrogens (primary N) is 1. The number of rotatable bonds is 6. The lowest BCUT2D eigenvalue weighted by Gasteiger charge is -2.19. The Morgan fingerprint density at radius 3 is 2.00 bits per heavy atom. The van der Waals surface area contributed by atoms with Crippen LogP contribution in [0.1, 0.15) is 12.8 Å². The molecule has 0 aliphatic rings. The molecule has 0 fully saturated rings. The van der Waals surface area contributed by atoms with Crippen molar-refractivity contribution in [2.24, 2.45) is 5.73 Å². The largest absolute Gasteiger partial charge is 0.428 e. The Kier molecular flexibility index (Phi) is 5.70. The fourth-order valence-corrected chi connectivity index (χ4v) is 2.13. The lowest BCUT2D eigenvalue weighted by Crippen LogP contribution is -2.44. The maximum absolute atomic E-state index is 9.45. The highest BCUT2D eigenvalue weighted by molar-refractivity contribution is 6.72. The van der Waals surface area contributed by atoms with Crippen LogP contribution in [0.15, 0.2) is 0 Å². The van der Waals surface area contributed by atoms with Crippen molar-refractivity contribution in [2.45, 2.75) is 18.9 Å². The molecule has 0 rings (SSSR count). The molecule has 5 N–H and O–H groups in total. The Morgan fingerprint density at radius 1 is 1.09 bits per heavy atom. The van der Waals surface area contributed by atoms with Gasteiger partial charge in [-0.15, -0.1) is 0 Å². The van der Waals surface area contributed by atoms with Crippen LogP contribution in [0.3, 0.4) is 0 Å². The third kappa shape index (κ3) is 4.49. The highest BCUT2D eigenvalue weighted by atomic mass is 28.4. The van der Waals surface area contributed by atoms with Gasteiger partial charge in [-0.2, -0.15) is 0 Å². The fraction of sp³-hybridized carbons (Fsp3) is 1.00. The van der Waals surface area contributed by atoms with Gasteiger partial charge < -0.3 is 20.7 Å². The van der Waals surface area contributed by atoms with Crippen molar-refractivity contribution in [3.63, 3.8) is 0 Å². The summed E-state index contributed by atoms with van der Waals surface area (Å²) in [5, 5.41) is 17.4. The van der Waals surface area contributed by atoms with Gasteiger partial charge >= 0.3 is 0 Å². The topological polar surface area (TPSA) is 86.7 Å². The van der Waals surface area contributed by atoms with Crippen LogP contribution in [0.25, 0.3) is 0 Å². The van der Waals surface area contributed by atoms with Gasteiger partial charge in [0.1, 0.15) is 0 Å². The molecule has 0 radical (unpaired) electrons. The first-order valence-corrected chi connectivity index (χ1v) is 6.39. The minimum absolute atomic E-state index is 0.256. The summed E-state index contributed by atoms with van der Waals surface area (Å²) in [6.07, 6.45) is 1.12. The van der Waals surface area contributed by atoms with Gasteiger partial charge in [-0.1, -0.05) is 6.42 Å². The van der Waals surface area contributed by atoms with Crippen molar-refractivity contribution in [2.75, 3.05) is 19.0 Å². The van der Waals surface area contributed by atoms with Crippen LogP contribution in [0, 0.1) is 0 Å². The monoisotopic (exact) mass is 179 g/mol. The van der Waals surface area contributed by atoms with Crippen LogP contribution in [0.4, 0.5) is 0 Å². The molecule has 5 heteroatoms. The predicted molar refractivity (Wildman–Crippen MR) is 45.2 cm³/mol. The number of unbranched alkanes of at least 4 members (excludes halogenated alkanes) is 1. The molecule has 0 aliphatic heterocycles. The fourth-order valence-electron chi connectivity index (χ4n) is 0.807. The summed E-state index contributed by atoms with van der Waals surface area (Å²) in [4.78, 5) is 9.45. The number of aliphatic hydroxyl groups is 2. The Labute approximate surface area is 67.8 Å². The van der Waals surface area contributed by atoms with E-state index in [0.29, 0.717) is 12.6 Å². The molecule has 0 aromatic heterocycles. The molecule has 0 aliphatic carbocycles. The second-order valence-corrected chi connectivity index (χ2v) is 6.37. The van der Waals surface area contributed by atoms with Gasteiger partial charge in [0, 0.05) is 0 Å². The van der Waals surface area contributed by atoms with Crippen molar-refractivity contribution >= 4 is 8.32 Å². The summed E-state index contributed by atoms with van der Waals surface area (Å²) in [6.45, 7) is 0.599. The van der Waals surface area contributed by atoms with Gasteiger partial charge in [0.25, 0.3) is 0 Å². The summed E-state index contributed by atoms with van der Waals surface area (Å²) >= 11 is 0. The lowest BCUT2D eigenvalue weighted by molar-refractivity contribution is 0.277. The number of hydrogen-bond acceptors (Lipinski definition) is 4. The summed E-state index contributed by atoms with van der Waals surface area (Å²) in [5.74, 6) is 0. The molecule has 4 nitrogen and oxygen atoms in total. The summed E-state index contributed by atoms with van der Waals surface area (Å²) < 4.78 is 0. The van der Waals surface area contributed by atoms with E-state index < -0.39 is 8.32 Å². The SMILES string of the molecule is NCCCC[Si](O)(CO)CO. The Morgan fingerprint density at radius 2 is 1.64 bits per heavy atom. The summed E-state index contributed by atoms with van der Waals surface area (Å²) in [7, 11) is -2.68. The number of aliphatic hydroxyl groups excluding tert-OH is 2. The van der Waals surface area contributed by atoms with Crippen LogP contribution < -0.4 is 5.73 Å². The van der Waals surface area contributed by atoms with E-state index in [1.165, 1.54) is 0 Å². The zero-order valence-electron chi connectivity index (χ0n) is 6.66. The first kappa shape index (κ1) is 11.1. The van der Waals surface area contributed by atoms with Crippen molar-refractivity contribution < 1.29 is 15.0 Å². The van der Waals surface area contributed by atoms with E-state index in [2.05, 4.69) is 0 Å². The van der Waals surface area contributed by atoms with Crippen LogP contribution >= 0.6 is 0 Å². The van der Waals surface area contributed by atoms with E-state index in [0.717, 1.165) is 12.8 Å². The summed E-state index contributed by atoms with van der Waals surface area (Å²) in [5.41, 5.74) is 5.25. The van der Waals surface area contributed by atoms with Gasteiger partial charge in [-0.05, 0) is 19.0 Å². The molecule has 0 amide bonds. The first-order chi connectivity index (χ1) is 5.18. The van der Waals surface area contributed by atoms with Crippen LogP contribution in [-0.2, 0) is 0 Å². The van der Waals surface area contributed by atoms with E-state index in [-0.39, 0.29) is 12.5 Å². The molecule has 11 heavy (non-hydrogen) atoms. The first-order valence-electron chi connectivity index (χ1n) is 3.82. The average molecular weight is 179 g/mol. The highest BCUT2D eigenvalue weighted by Crippen LogP contribution is 2.08. The average Bonchev–Trinajstić information content (AvgIpc) is 2.05. The second-order valence-electron chi connectivity index (χ2n) is 2.79. The molecular weight excluding hydrogens is 162 g/mol. The number of hydrogen-bond donors (Lipinski definition) is 4. The molecule has 68 valence electrons. The van der Waals surface area contributed by atoms with E-state index in [4.69, 9.17) is 15.9 Å². The molecule has 0 spiro atoms. The lowest BCUT2D eigenvalue weighted by atomic mass is 10.3. The van der Waals surface area contributed by atoms with Crippen molar-refractivity contribution in [1.82, 2.24) is 0 Å². The maximum atomic E-state index is 9.45. The molecule has 0 bridgehead atoms. The minimum Gasteiger partial charge on any atom is -0.428 e. The molecule has 0 heterocycles. The Balaban J connectivity index is 3.51. The van der Waals surface area contributed by atoms with Gasteiger partial charge in [0.15, 0.2) is 0 Å². The van der Waals surface area contributed by atoms with Crippen LogP contribution in [-0.4, -0.2) is 42.3 Å². The Hall–Kier alpha value is 0.0569. The molecule has 0 unspecified atom stereocenters. The normalized spacial score (nSPS) is 12.0. The molecule has 0 atom stereocenters. The zero-order chi connectivity index (χ0) is 8.74. The summed E-state index contributed by atoms with van der Waals surface area (Å²) in [6, 6.07) is 0.539. The third-order valence-corrected chi connectivity index (χ3v) is 4.15. The van der Waals surface area contributed by atoms with Crippen LogP contribution in [0.5, 0.6) is 0 Å². The van der Waals surface area contributed by atoms with E-state index in [1.54, 1.807) is 0 Å². The van der Waals surface area contributed by atoms with Crippen LogP contribution in [0.2, 0.25) is 6.04 Å². The third-order valence-electron chi connectivity index (χ3n) is 1.68. The van der Waals surface area contributed by atoms with E-state index >= 15 is 0 Å². The second kappa shape index (κ2) is 5.67. The predicted octanol–water partition coefficient (Wildman–Crippen LogP) is -1.27. The van der Waals surface area contributed by atoms with E-state index in [9.17, 15) is 4.80 Å². The standard InChI is InChI=1S/C6H17NO3Si/c7-3-1-2-4-11(10,5-8)6-9/h8-10H,1-7H2. The van der Waals surface area contributed by atoms with Crippen molar-refractivity contribution in [3.8, 4) is 0 Å². The molecular formula is C6H17NO3Si. The highest BCUT2D eigenvalue weighted by Gasteiger charge is 2.28. The minimum atomic E-state index is -2.68. The molecule has 0 saturated heterocycles. The van der Waals surface area contributed by atoms with Gasteiger partial charge in [-0.25, -0.2) is 0 Å². The maximum Gasteiger partial charge on any atom is 0.238 e. The van der Waals surface area contributed by atoms with Crippen molar-refractivity contribution in [3.05, 3.63) is 0 Å². The quantitative estimate of drug-likeness (QED) is 0.302.